The third kappa shape index (κ3) is 2.40. The highest BCUT2D eigenvalue weighted by atomic mass is 16.5. The summed E-state index contributed by atoms with van der Waals surface area (Å²) in [5.74, 6) is -3.01. The van der Waals surface area contributed by atoms with Crippen LogP contribution in [0.2, 0.25) is 0 Å². The second-order valence-electron chi connectivity index (χ2n) is 5.36. The SMILES string of the molecule is Cc1c(O)c(C)[n+](O)c(O)c1-c1noc(-c2cc(O)c(O)c(O)c2)n1. The maximum absolute atomic E-state index is 10.1. The summed E-state index contributed by atoms with van der Waals surface area (Å²) >= 11 is 0. The molecule has 3 aromatic rings. The van der Waals surface area contributed by atoms with Crippen molar-refractivity contribution in [3.05, 3.63) is 23.4 Å². The maximum atomic E-state index is 10.1. The van der Waals surface area contributed by atoms with E-state index in [9.17, 15) is 30.7 Å². The van der Waals surface area contributed by atoms with E-state index in [0.717, 1.165) is 12.1 Å². The van der Waals surface area contributed by atoms with Crippen LogP contribution < -0.4 is 4.73 Å². The zero-order valence-electron chi connectivity index (χ0n) is 13.1. The molecule has 0 radical (unpaired) electrons. The molecule has 1 aromatic carbocycles. The molecule has 130 valence electrons. The Morgan fingerprint density at radius 2 is 1.56 bits per heavy atom. The average Bonchev–Trinajstić information content (AvgIpc) is 3.05. The van der Waals surface area contributed by atoms with Crippen LogP contribution in [0, 0.1) is 13.8 Å². The first-order valence-electron chi connectivity index (χ1n) is 6.98. The molecule has 2 heterocycles. The van der Waals surface area contributed by atoms with Crippen LogP contribution >= 0.6 is 0 Å². The van der Waals surface area contributed by atoms with Crippen LogP contribution in [0.3, 0.4) is 0 Å². The van der Waals surface area contributed by atoms with Crippen LogP contribution in [0.25, 0.3) is 22.8 Å². The number of benzene rings is 1. The standard InChI is InChI=1S/C15H13N3O7/c1-5-10(15(23)18(24)6(2)11(5)21)13-16-14(25-17-13)7-3-8(19)12(22)9(20)4-7/h3-4,24H,1-2H3,(H4,16,17,19,20,21,22)/p+1. The molecule has 0 saturated carbocycles. The lowest BCUT2D eigenvalue weighted by atomic mass is 10.1. The van der Waals surface area contributed by atoms with E-state index in [1.54, 1.807) is 0 Å². The first kappa shape index (κ1) is 16.2. The summed E-state index contributed by atoms with van der Waals surface area (Å²) in [6.07, 6.45) is 0. The van der Waals surface area contributed by atoms with Gasteiger partial charge in [0.15, 0.2) is 23.0 Å². The molecule has 0 aliphatic heterocycles. The molecule has 3 rings (SSSR count). The summed E-state index contributed by atoms with van der Waals surface area (Å²) in [6, 6.07) is 2.19. The van der Waals surface area contributed by atoms with Crippen molar-refractivity contribution < 1.29 is 40.0 Å². The van der Waals surface area contributed by atoms with E-state index in [4.69, 9.17) is 4.52 Å². The Labute approximate surface area is 140 Å². The minimum atomic E-state index is -0.693. The Morgan fingerprint density at radius 1 is 0.960 bits per heavy atom. The zero-order valence-corrected chi connectivity index (χ0v) is 13.1. The Bertz CT molecular complexity index is 945. The minimum Gasteiger partial charge on any atom is -0.504 e. The summed E-state index contributed by atoms with van der Waals surface area (Å²) in [6.45, 7) is 2.89. The summed E-state index contributed by atoms with van der Waals surface area (Å²) in [7, 11) is 0. The molecule has 0 spiro atoms. The van der Waals surface area contributed by atoms with Crippen molar-refractivity contribution in [1.29, 1.82) is 0 Å². The molecular formula is C15H14N3O7+. The number of pyridine rings is 1. The summed E-state index contributed by atoms with van der Waals surface area (Å²) in [5, 5.41) is 62.1. The van der Waals surface area contributed by atoms with Gasteiger partial charge in [-0.2, -0.15) is 4.98 Å². The van der Waals surface area contributed by atoms with E-state index in [2.05, 4.69) is 10.1 Å². The Morgan fingerprint density at radius 3 is 2.16 bits per heavy atom. The molecule has 0 fully saturated rings. The topological polar surface area (TPSA) is 164 Å². The number of phenols is 3. The fourth-order valence-electron chi connectivity index (χ4n) is 2.36. The van der Waals surface area contributed by atoms with Gasteiger partial charge in [0.25, 0.3) is 11.6 Å². The van der Waals surface area contributed by atoms with E-state index in [1.807, 2.05) is 0 Å². The Balaban J connectivity index is 2.15. The lowest BCUT2D eigenvalue weighted by molar-refractivity contribution is -0.910. The van der Waals surface area contributed by atoms with Gasteiger partial charge in [-0.25, -0.2) is 0 Å². The van der Waals surface area contributed by atoms with Gasteiger partial charge in [0.2, 0.25) is 5.82 Å². The van der Waals surface area contributed by atoms with Crippen molar-refractivity contribution >= 4 is 0 Å². The molecule has 0 saturated heterocycles. The number of rotatable bonds is 2. The van der Waals surface area contributed by atoms with Gasteiger partial charge in [-0.15, -0.1) is 0 Å². The summed E-state index contributed by atoms with van der Waals surface area (Å²) < 4.78 is 5.41. The normalized spacial score (nSPS) is 11.0. The molecule has 10 heteroatoms. The molecule has 25 heavy (non-hydrogen) atoms. The van der Waals surface area contributed by atoms with Crippen LogP contribution in [0.4, 0.5) is 0 Å². The largest absolute Gasteiger partial charge is 0.504 e. The molecule has 0 unspecified atom stereocenters. The number of aromatic hydroxyl groups is 5. The minimum absolute atomic E-state index is 0.0239. The summed E-state index contributed by atoms with van der Waals surface area (Å²) in [4.78, 5) is 4.02. The lowest BCUT2D eigenvalue weighted by Crippen LogP contribution is -2.34. The van der Waals surface area contributed by atoms with Gasteiger partial charge >= 0.3 is 5.88 Å². The molecule has 10 nitrogen and oxygen atoms in total. The van der Waals surface area contributed by atoms with Crippen LogP contribution in [-0.2, 0) is 0 Å². The van der Waals surface area contributed by atoms with Gasteiger partial charge in [0, 0.05) is 18.1 Å². The van der Waals surface area contributed by atoms with E-state index < -0.39 is 23.1 Å². The highest BCUT2D eigenvalue weighted by Gasteiger charge is 2.31. The van der Waals surface area contributed by atoms with Crippen LogP contribution in [0.1, 0.15) is 11.3 Å². The van der Waals surface area contributed by atoms with Crippen molar-refractivity contribution in [1.82, 2.24) is 10.1 Å². The van der Waals surface area contributed by atoms with Crippen molar-refractivity contribution in [3.8, 4) is 51.7 Å². The zero-order chi connectivity index (χ0) is 18.5. The van der Waals surface area contributed by atoms with Crippen molar-refractivity contribution in [2.24, 2.45) is 0 Å². The van der Waals surface area contributed by atoms with Gasteiger partial charge in [0.1, 0.15) is 5.56 Å². The molecule has 0 amide bonds. The van der Waals surface area contributed by atoms with Gasteiger partial charge in [-0.05, 0) is 19.1 Å². The maximum Gasteiger partial charge on any atom is 0.426 e. The monoisotopic (exact) mass is 348 g/mol. The first-order chi connectivity index (χ1) is 11.7. The molecule has 0 atom stereocenters. The van der Waals surface area contributed by atoms with Gasteiger partial charge in [-0.3, -0.25) is 5.21 Å². The Hall–Kier alpha value is -3.69. The third-order valence-electron chi connectivity index (χ3n) is 3.78. The molecule has 2 aromatic heterocycles. The van der Waals surface area contributed by atoms with E-state index in [1.165, 1.54) is 13.8 Å². The predicted molar refractivity (Wildman–Crippen MR) is 80.3 cm³/mol. The lowest BCUT2D eigenvalue weighted by Gasteiger charge is -2.04. The molecule has 0 bridgehead atoms. The smallest absolute Gasteiger partial charge is 0.426 e. The van der Waals surface area contributed by atoms with Crippen LogP contribution in [-0.4, -0.2) is 40.9 Å². The van der Waals surface area contributed by atoms with Crippen LogP contribution in [0.5, 0.6) is 28.9 Å². The number of nitrogens with zero attached hydrogens (tertiary/aromatic N) is 3. The number of hydrogen-bond acceptors (Lipinski definition) is 9. The van der Waals surface area contributed by atoms with Gasteiger partial charge in [0.05, 0.1) is 4.73 Å². The number of phenolic OH excluding ortho intramolecular Hbond substituents is 3. The van der Waals surface area contributed by atoms with E-state index in [-0.39, 0.29) is 39.8 Å². The second-order valence-corrected chi connectivity index (χ2v) is 5.36. The molecule has 6 N–H and O–H groups in total. The molecule has 0 aliphatic rings. The fourth-order valence-corrected chi connectivity index (χ4v) is 2.36. The molecular weight excluding hydrogens is 334 g/mol. The quantitative estimate of drug-likeness (QED) is 0.226. The van der Waals surface area contributed by atoms with Crippen molar-refractivity contribution in [2.45, 2.75) is 13.8 Å². The van der Waals surface area contributed by atoms with Crippen molar-refractivity contribution in [3.63, 3.8) is 0 Å². The van der Waals surface area contributed by atoms with E-state index in [0.29, 0.717) is 4.73 Å². The molecule has 0 aliphatic carbocycles. The first-order valence-corrected chi connectivity index (χ1v) is 6.98. The summed E-state index contributed by atoms with van der Waals surface area (Å²) in [5.41, 5.74) is 0.282. The highest BCUT2D eigenvalue weighted by molar-refractivity contribution is 5.70. The predicted octanol–water partition coefficient (Wildman–Crippen LogP) is 1.07. The van der Waals surface area contributed by atoms with Gasteiger partial charge in [-0.1, -0.05) is 5.16 Å². The van der Waals surface area contributed by atoms with Crippen LogP contribution in [0.15, 0.2) is 16.7 Å². The third-order valence-corrected chi connectivity index (χ3v) is 3.78. The van der Waals surface area contributed by atoms with Crippen molar-refractivity contribution in [2.75, 3.05) is 0 Å². The van der Waals surface area contributed by atoms with E-state index >= 15 is 0 Å². The van der Waals surface area contributed by atoms with Gasteiger partial charge < -0.3 is 30.1 Å². The number of hydrogen-bond donors (Lipinski definition) is 6. The second kappa shape index (κ2) is 5.44. The Kier molecular flexibility index (Phi) is 3.52. The highest BCUT2D eigenvalue weighted by Crippen LogP contribution is 2.40. The number of aromatic nitrogens is 3. The average molecular weight is 348 g/mol. The fraction of sp³-hybridized carbons (Fsp3) is 0.133.